The number of amides is 2. The summed E-state index contributed by atoms with van der Waals surface area (Å²) in [6, 6.07) is 11.0. The van der Waals surface area contributed by atoms with Gasteiger partial charge in [-0.2, -0.15) is 0 Å². The van der Waals surface area contributed by atoms with Gasteiger partial charge in [0.1, 0.15) is 11.5 Å². The highest BCUT2D eigenvalue weighted by Gasteiger charge is 2.08. The average Bonchev–Trinajstić information content (AvgIpc) is 2.83. The Kier molecular flexibility index (Phi) is 10.7. The lowest BCUT2D eigenvalue weighted by atomic mass is 10.2. The number of nitrogens with zero attached hydrogens (tertiary/aromatic N) is 2. The van der Waals surface area contributed by atoms with Gasteiger partial charge in [0.05, 0.1) is 9.85 Å². The number of non-ortho nitro benzene ring substituents is 2. The van der Waals surface area contributed by atoms with E-state index < -0.39 is 9.85 Å². The Balaban J connectivity index is 1.45. The first-order valence-electron chi connectivity index (χ1n) is 10.6. The Bertz CT molecular complexity index is 884. The molecule has 12 heteroatoms. The van der Waals surface area contributed by atoms with Crippen LogP contribution in [-0.4, -0.2) is 48.0 Å². The zero-order valence-electron chi connectivity index (χ0n) is 18.4. The maximum atomic E-state index is 11.8. The molecule has 0 atom stereocenters. The van der Waals surface area contributed by atoms with E-state index in [-0.39, 0.29) is 36.4 Å². The lowest BCUT2D eigenvalue weighted by molar-refractivity contribution is -0.385. The molecule has 0 fully saturated rings. The van der Waals surface area contributed by atoms with Crippen molar-refractivity contribution in [2.45, 2.75) is 25.7 Å². The number of unbranched alkanes of at least 4 members (excludes halogenated alkanes) is 3. The van der Waals surface area contributed by atoms with Crippen LogP contribution in [0.3, 0.4) is 0 Å². The Labute approximate surface area is 195 Å². The second-order valence-electron chi connectivity index (χ2n) is 7.19. The molecule has 0 saturated carbocycles. The Morgan fingerprint density at radius 3 is 1.32 bits per heavy atom. The van der Waals surface area contributed by atoms with Crippen LogP contribution in [0.15, 0.2) is 48.5 Å². The number of hydrogen-bond acceptors (Lipinski definition) is 8. The van der Waals surface area contributed by atoms with E-state index in [2.05, 4.69) is 10.6 Å². The number of carbonyl (C=O) groups excluding carboxylic acids is 2. The number of nitro benzene ring substituents is 2. The first-order valence-corrected chi connectivity index (χ1v) is 10.6. The molecular weight excluding hydrogens is 448 g/mol. The fourth-order valence-electron chi connectivity index (χ4n) is 2.79. The summed E-state index contributed by atoms with van der Waals surface area (Å²) < 4.78 is 10.6. The molecule has 0 spiro atoms. The van der Waals surface area contributed by atoms with E-state index in [1.165, 1.54) is 48.5 Å². The molecule has 34 heavy (non-hydrogen) atoms. The zero-order chi connectivity index (χ0) is 24.8. The Morgan fingerprint density at radius 1 is 0.647 bits per heavy atom. The predicted molar refractivity (Wildman–Crippen MR) is 122 cm³/mol. The fraction of sp³-hybridized carbons (Fsp3) is 0.364. The second-order valence-corrected chi connectivity index (χ2v) is 7.19. The second kappa shape index (κ2) is 14.0. The van der Waals surface area contributed by atoms with Crippen LogP contribution in [-0.2, 0) is 9.59 Å². The number of benzene rings is 2. The molecule has 2 amide bonds. The van der Waals surface area contributed by atoms with Gasteiger partial charge in [-0.15, -0.1) is 0 Å². The Hall–Kier alpha value is -4.22. The van der Waals surface area contributed by atoms with Gasteiger partial charge in [-0.1, -0.05) is 12.8 Å². The van der Waals surface area contributed by atoms with Crippen LogP contribution in [0.5, 0.6) is 11.5 Å². The molecule has 2 N–H and O–H groups in total. The van der Waals surface area contributed by atoms with Crippen molar-refractivity contribution in [3.8, 4) is 11.5 Å². The minimum Gasteiger partial charge on any atom is -0.484 e. The summed E-state index contributed by atoms with van der Waals surface area (Å²) in [5.74, 6) is 0.194. The van der Waals surface area contributed by atoms with Gasteiger partial charge in [-0.05, 0) is 37.1 Å². The van der Waals surface area contributed by atoms with Gasteiger partial charge in [-0.3, -0.25) is 29.8 Å². The van der Waals surface area contributed by atoms with E-state index in [1.807, 2.05) is 0 Å². The van der Waals surface area contributed by atoms with E-state index in [4.69, 9.17) is 9.47 Å². The van der Waals surface area contributed by atoms with Gasteiger partial charge in [0.15, 0.2) is 13.2 Å². The van der Waals surface area contributed by atoms with Gasteiger partial charge < -0.3 is 20.1 Å². The third-order valence-corrected chi connectivity index (χ3v) is 4.58. The van der Waals surface area contributed by atoms with Gasteiger partial charge in [-0.25, -0.2) is 0 Å². The fourth-order valence-corrected chi connectivity index (χ4v) is 2.79. The molecule has 0 aliphatic carbocycles. The van der Waals surface area contributed by atoms with Crippen LogP contribution in [0.2, 0.25) is 0 Å². The monoisotopic (exact) mass is 474 g/mol. The summed E-state index contributed by atoms with van der Waals surface area (Å²) in [6.45, 7) is 0.646. The summed E-state index contributed by atoms with van der Waals surface area (Å²) >= 11 is 0. The van der Waals surface area contributed by atoms with Crippen molar-refractivity contribution in [2.24, 2.45) is 0 Å². The van der Waals surface area contributed by atoms with E-state index in [9.17, 15) is 29.8 Å². The summed E-state index contributed by atoms with van der Waals surface area (Å²) in [6.07, 6.45) is 3.30. The highest BCUT2D eigenvalue weighted by Crippen LogP contribution is 2.18. The Morgan fingerprint density at radius 2 is 1.00 bits per heavy atom. The molecule has 182 valence electrons. The molecule has 2 aromatic carbocycles. The maximum Gasteiger partial charge on any atom is 0.269 e. The summed E-state index contributed by atoms with van der Waals surface area (Å²) in [5, 5.41) is 26.7. The minimum absolute atomic E-state index is 0.0491. The minimum atomic E-state index is -0.511. The summed E-state index contributed by atoms with van der Waals surface area (Å²) in [4.78, 5) is 43.7. The van der Waals surface area contributed by atoms with Crippen molar-refractivity contribution in [2.75, 3.05) is 26.3 Å². The SMILES string of the molecule is O=C(COc1ccc([N+](=O)[O-])cc1)NCCCCCCNC(=O)COc1ccc([N+](=O)[O-])cc1. The number of carbonyl (C=O) groups is 2. The van der Waals surface area contributed by atoms with Crippen molar-refractivity contribution >= 4 is 23.2 Å². The number of rotatable bonds is 15. The zero-order valence-corrected chi connectivity index (χ0v) is 18.4. The molecule has 0 saturated heterocycles. The van der Waals surface area contributed by atoms with E-state index in [1.54, 1.807) is 0 Å². The topological polar surface area (TPSA) is 163 Å². The van der Waals surface area contributed by atoms with Crippen LogP contribution in [0.4, 0.5) is 11.4 Å². The van der Waals surface area contributed by atoms with Crippen LogP contribution in [0.1, 0.15) is 25.7 Å². The third-order valence-electron chi connectivity index (χ3n) is 4.58. The third kappa shape index (κ3) is 9.94. The molecule has 0 radical (unpaired) electrons. The number of nitrogens with one attached hydrogen (secondary N) is 2. The van der Waals surface area contributed by atoms with Gasteiger partial charge >= 0.3 is 0 Å². The van der Waals surface area contributed by atoms with Crippen LogP contribution >= 0.6 is 0 Å². The van der Waals surface area contributed by atoms with Crippen molar-refractivity contribution in [1.29, 1.82) is 0 Å². The van der Waals surface area contributed by atoms with Crippen LogP contribution < -0.4 is 20.1 Å². The first-order chi connectivity index (χ1) is 16.3. The van der Waals surface area contributed by atoms with Crippen molar-refractivity contribution in [1.82, 2.24) is 10.6 Å². The maximum absolute atomic E-state index is 11.8. The molecule has 0 heterocycles. The molecule has 2 aromatic rings. The molecular formula is C22H26N4O8. The smallest absolute Gasteiger partial charge is 0.269 e. The average molecular weight is 474 g/mol. The summed E-state index contributed by atoms with van der Waals surface area (Å²) in [7, 11) is 0. The standard InChI is InChI=1S/C22H26N4O8/c27-21(15-33-19-9-5-17(6-10-19)25(29)30)23-13-3-1-2-4-14-24-22(28)16-34-20-11-7-18(8-12-20)26(31)32/h5-12H,1-4,13-16H2,(H,23,27)(H,24,28). The number of hydrogen-bond donors (Lipinski definition) is 2. The van der Waals surface area contributed by atoms with Gasteiger partial charge in [0, 0.05) is 37.4 Å². The molecule has 0 aliphatic heterocycles. The molecule has 0 aliphatic rings. The number of nitro groups is 2. The van der Waals surface area contributed by atoms with Crippen molar-refractivity contribution in [3.05, 3.63) is 68.8 Å². The lowest BCUT2D eigenvalue weighted by Gasteiger charge is -2.08. The van der Waals surface area contributed by atoms with Gasteiger partial charge in [0.2, 0.25) is 0 Å². The van der Waals surface area contributed by atoms with Crippen LogP contribution in [0.25, 0.3) is 0 Å². The van der Waals surface area contributed by atoms with E-state index in [0.29, 0.717) is 24.6 Å². The molecule has 0 unspecified atom stereocenters. The molecule has 0 bridgehead atoms. The quantitative estimate of drug-likeness (QED) is 0.226. The van der Waals surface area contributed by atoms with Crippen molar-refractivity contribution < 1.29 is 28.9 Å². The van der Waals surface area contributed by atoms with Crippen molar-refractivity contribution in [3.63, 3.8) is 0 Å². The predicted octanol–water partition coefficient (Wildman–Crippen LogP) is 2.75. The largest absolute Gasteiger partial charge is 0.484 e. The molecule has 12 nitrogen and oxygen atoms in total. The summed E-state index contributed by atoms with van der Waals surface area (Å²) in [5.41, 5.74) is -0.0982. The lowest BCUT2D eigenvalue weighted by Crippen LogP contribution is -2.30. The number of ether oxygens (including phenoxy) is 2. The highest BCUT2D eigenvalue weighted by atomic mass is 16.6. The van der Waals surface area contributed by atoms with E-state index in [0.717, 1.165) is 25.7 Å². The highest BCUT2D eigenvalue weighted by molar-refractivity contribution is 5.77. The van der Waals surface area contributed by atoms with E-state index >= 15 is 0 Å². The molecule has 0 aromatic heterocycles. The molecule has 2 rings (SSSR count). The first kappa shape index (κ1) is 26.0. The van der Waals surface area contributed by atoms with Gasteiger partial charge in [0.25, 0.3) is 23.2 Å². The normalized spacial score (nSPS) is 10.2. The van der Waals surface area contributed by atoms with Crippen LogP contribution in [0, 0.1) is 20.2 Å².